The molecule has 1 aromatic rings. The molecule has 1 saturated heterocycles. The summed E-state index contributed by atoms with van der Waals surface area (Å²) in [5, 5.41) is 6.29. The first-order chi connectivity index (χ1) is 8.83. The predicted octanol–water partition coefficient (Wildman–Crippen LogP) is 1.18. The number of hydrogen-bond acceptors (Lipinski definition) is 3. The molecule has 96 valence electrons. The molecule has 0 spiro atoms. The first-order valence-corrected chi connectivity index (χ1v) is 6.53. The molecule has 3 rings (SSSR count). The van der Waals surface area contributed by atoms with Crippen LogP contribution in [0.1, 0.15) is 12.0 Å². The number of carbonyl (C=O) groups is 1. The highest BCUT2D eigenvalue weighted by Gasteiger charge is 2.26. The molecule has 0 saturated carbocycles. The quantitative estimate of drug-likeness (QED) is 0.842. The summed E-state index contributed by atoms with van der Waals surface area (Å²) >= 11 is 0. The fraction of sp³-hybridized carbons (Fsp3) is 0.500. The number of anilines is 1. The van der Waals surface area contributed by atoms with Gasteiger partial charge in [0.25, 0.3) is 0 Å². The lowest BCUT2D eigenvalue weighted by atomic mass is 10.1. The highest BCUT2D eigenvalue weighted by molar-refractivity contribution is 5.87. The monoisotopic (exact) mass is 246 g/mol. The summed E-state index contributed by atoms with van der Waals surface area (Å²) in [6.45, 7) is 2.33. The third kappa shape index (κ3) is 2.34. The van der Waals surface area contributed by atoms with E-state index in [4.69, 9.17) is 4.74 Å². The van der Waals surface area contributed by atoms with Gasteiger partial charge in [0, 0.05) is 31.2 Å². The molecule has 2 atom stereocenters. The van der Waals surface area contributed by atoms with Gasteiger partial charge in [0.15, 0.2) is 0 Å². The van der Waals surface area contributed by atoms with E-state index in [1.165, 1.54) is 5.56 Å². The predicted molar refractivity (Wildman–Crippen MR) is 69.5 cm³/mol. The van der Waals surface area contributed by atoms with Gasteiger partial charge in [-0.2, -0.15) is 0 Å². The van der Waals surface area contributed by atoms with Crippen molar-refractivity contribution in [1.82, 2.24) is 5.32 Å². The van der Waals surface area contributed by atoms with Crippen molar-refractivity contribution < 1.29 is 9.53 Å². The SMILES string of the molecule is O=C(NCC1CCOC1)[C@@H]1Cc2ccccc2N1. The van der Waals surface area contributed by atoms with Crippen molar-refractivity contribution in [2.45, 2.75) is 18.9 Å². The molecule has 2 heterocycles. The van der Waals surface area contributed by atoms with Crippen LogP contribution in [0.25, 0.3) is 0 Å². The van der Waals surface area contributed by atoms with Crippen LogP contribution in [0, 0.1) is 5.92 Å². The number of para-hydroxylation sites is 1. The van der Waals surface area contributed by atoms with E-state index < -0.39 is 0 Å². The van der Waals surface area contributed by atoms with Crippen LogP contribution in [0.2, 0.25) is 0 Å². The number of fused-ring (bicyclic) bond motifs is 1. The Morgan fingerprint density at radius 2 is 2.33 bits per heavy atom. The molecule has 2 aliphatic rings. The van der Waals surface area contributed by atoms with E-state index in [0.29, 0.717) is 5.92 Å². The van der Waals surface area contributed by atoms with Gasteiger partial charge in [-0.15, -0.1) is 0 Å². The van der Waals surface area contributed by atoms with Gasteiger partial charge in [0.05, 0.1) is 6.61 Å². The first-order valence-electron chi connectivity index (χ1n) is 6.53. The van der Waals surface area contributed by atoms with E-state index in [9.17, 15) is 4.79 Å². The number of rotatable bonds is 3. The van der Waals surface area contributed by atoms with Crippen molar-refractivity contribution in [2.75, 3.05) is 25.1 Å². The second-order valence-electron chi connectivity index (χ2n) is 5.03. The molecule has 1 aromatic carbocycles. The minimum atomic E-state index is -0.121. The maximum atomic E-state index is 12.1. The molecule has 0 aliphatic carbocycles. The van der Waals surface area contributed by atoms with Crippen molar-refractivity contribution in [3.05, 3.63) is 29.8 Å². The minimum Gasteiger partial charge on any atom is -0.381 e. The van der Waals surface area contributed by atoms with Crippen molar-refractivity contribution in [3.63, 3.8) is 0 Å². The van der Waals surface area contributed by atoms with Gasteiger partial charge in [0.1, 0.15) is 6.04 Å². The zero-order valence-electron chi connectivity index (χ0n) is 10.3. The maximum absolute atomic E-state index is 12.1. The lowest BCUT2D eigenvalue weighted by Crippen LogP contribution is -2.40. The van der Waals surface area contributed by atoms with Crippen LogP contribution in [0.3, 0.4) is 0 Å². The molecule has 0 radical (unpaired) electrons. The summed E-state index contributed by atoms with van der Waals surface area (Å²) in [6.07, 6.45) is 1.84. The number of benzene rings is 1. The lowest BCUT2D eigenvalue weighted by Gasteiger charge is -2.14. The van der Waals surface area contributed by atoms with E-state index in [1.807, 2.05) is 18.2 Å². The normalized spacial score (nSPS) is 25.6. The highest BCUT2D eigenvalue weighted by atomic mass is 16.5. The largest absolute Gasteiger partial charge is 0.381 e. The molecule has 1 amide bonds. The molecule has 0 aromatic heterocycles. The lowest BCUT2D eigenvalue weighted by molar-refractivity contribution is -0.121. The molecule has 2 N–H and O–H groups in total. The third-order valence-electron chi connectivity index (χ3n) is 3.68. The molecule has 4 nitrogen and oxygen atoms in total. The Bertz CT molecular complexity index is 416. The van der Waals surface area contributed by atoms with Gasteiger partial charge in [-0.05, 0) is 18.1 Å². The Balaban J connectivity index is 1.52. The van der Waals surface area contributed by atoms with E-state index in [-0.39, 0.29) is 11.9 Å². The fourth-order valence-electron chi connectivity index (χ4n) is 2.57. The smallest absolute Gasteiger partial charge is 0.242 e. The summed E-state index contributed by atoms with van der Waals surface area (Å²) in [5.41, 5.74) is 2.31. The molecule has 2 aliphatic heterocycles. The van der Waals surface area contributed by atoms with Gasteiger partial charge in [-0.25, -0.2) is 0 Å². The van der Waals surface area contributed by atoms with E-state index in [1.54, 1.807) is 0 Å². The summed E-state index contributed by atoms with van der Waals surface area (Å²) < 4.78 is 5.30. The van der Waals surface area contributed by atoms with E-state index in [2.05, 4.69) is 16.7 Å². The van der Waals surface area contributed by atoms with E-state index >= 15 is 0 Å². The maximum Gasteiger partial charge on any atom is 0.242 e. The van der Waals surface area contributed by atoms with Crippen molar-refractivity contribution in [1.29, 1.82) is 0 Å². The molecule has 18 heavy (non-hydrogen) atoms. The number of hydrogen-bond donors (Lipinski definition) is 2. The second-order valence-corrected chi connectivity index (χ2v) is 5.03. The highest BCUT2D eigenvalue weighted by Crippen LogP contribution is 2.25. The second kappa shape index (κ2) is 4.98. The number of nitrogens with one attached hydrogen (secondary N) is 2. The summed E-state index contributed by atoms with van der Waals surface area (Å²) in [5.74, 6) is 0.579. The van der Waals surface area contributed by atoms with Crippen LogP contribution < -0.4 is 10.6 Å². The van der Waals surface area contributed by atoms with Crippen LogP contribution >= 0.6 is 0 Å². The van der Waals surface area contributed by atoms with Crippen LogP contribution in [-0.4, -0.2) is 31.7 Å². The Hall–Kier alpha value is -1.55. The Kier molecular flexibility index (Phi) is 3.19. The Morgan fingerprint density at radius 3 is 3.11 bits per heavy atom. The summed E-state index contributed by atoms with van der Waals surface area (Å²) in [4.78, 5) is 12.1. The summed E-state index contributed by atoms with van der Waals surface area (Å²) in [7, 11) is 0. The van der Waals surface area contributed by atoms with Crippen molar-refractivity contribution >= 4 is 11.6 Å². The van der Waals surface area contributed by atoms with Gasteiger partial charge in [-0.3, -0.25) is 4.79 Å². The van der Waals surface area contributed by atoms with Crippen molar-refractivity contribution in [3.8, 4) is 0 Å². The Labute approximate surface area is 107 Å². The average Bonchev–Trinajstić information content (AvgIpc) is 3.04. The van der Waals surface area contributed by atoms with Crippen LogP contribution in [-0.2, 0) is 16.0 Å². The average molecular weight is 246 g/mol. The third-order valence-corrected chi connectivity index (χ3v) is 3.68. The topological polar surface area (TPSA) is 50.4 Å². The van der Waals surface area contributed by atoms with Gasteiger partial charge in [-0.1, -0.05) is 18.2 Å². The van der Waals surface area contributed by atoms with Gasteiger partial charge < -0.3 is 15.4 Å². The van der Waals surface area contributed by atoms with E-state index in [0.717, 1.165) is 38.3 Å². The van der Waals surface area contributed by atoms with Crippen LogP contribution in [0.4, 0.5) is 5.69 Å². The van der Waals surface area contributed by atoms with Crippen LogP contribution in [0.15, 0.2) is 24.3 Å². The fourth-order valence-corrected chi connectivity index (χ4v) is 2.57. The molecule has 0 bridgehead atoms. The van der Waals surface area contributed by atoms with Crippen molar-refractivity contribution in [2.24, 2.45) is 5.92 Å². The molecule has 4 heteroatoms. The molecular weight excluding hydrogens is 228 g/mol. The number of amides is 1. The molecular formula is C14H18N2O2. The minimum absolute atomic E-state index is 0.0955. The van der Waals surface area contributed by atoms with Gasteiger partial charge in [0.2, 0.25) is 5.91 Å². The van der Waals surface area contributed by atoms with Crippen LogP contribution in [0.5, 0.6) is 0 Å². The zero-order chi connectivity index (χ0) is 12.4. The zero-order valence-corrected chi connectivity index (χ0v) is 10.3. The number of carbonyl (C=O) groups excluding carboxylic acids is 1. The molecule has 1 unspecified atom stereocenters. The first kappa shape index (κ1) is 11.5. The Morgan fingerprint density at radius 1 is 1.44 bits per heavy atom. The van der Waals surface area contributed by atoms with Gasteiger partial charge >= 0.3 is 0 Å². The summed E-state index contributed by atoms with van der Waals surface area (Å²) in [6, 6.07) is 7.97. The molecule has 1 fully saturated rings. The number of ether oxygens (including phenoxy) is 1. The standard InChI is InChI=1S/C14H18N2O2/c17-14(15-8-10-5-6-18-9-10)13-7-11-3-1-2-4-12(11)16-13/h1-4,10,13,16H,5-9H2,(H,15,17)/t10?,13-/m0/s1.